The maximum absolute atomic E-state index is 11.9. The minimum absolute atomic E-state index is 0.0695. The number of amides is 4. The quantitative estimate of drug-likeness (QED) is 0.671. The average Bonchev–Trinajstić information content (AvgIpc) is 3.20. The first-order chi connectivity index (χ1) is 12.1. The molecular formula is C16H18N6O3. The van der Waals surface area contributed by atoms with E-state index < -0.39 is 17.8 Å². The summed E-state index contributed by atoms with van der Waals surface area (Å²) < 4.78 is 1.86. The highest BCUT2D eigenvalue weighted by atomic mass is 16.2. The summed E-state index contributed by atoms with van der Waals surface area (Å²) in [5, 5.41) is 12.9. The topological polar surface area (TPSA) is 109 Å². The maximum Gasteiger partial charge on any atom is 0.325 e. The highest BCUT2D eigenvalue weighted by molar-refractivity contribution is 6.04. The zero-order chi connectivity index (χ0) is 17.6. The van der Waals surface area contributed by atoms with E-state index in [2.05, 4.69) is 20.8 Å². The van der Waals surface area contributed by atoms with Gasteiger partial charge in [0, 0.05) is 6.54 Å². The van der Waals surface area contributed by atoms with E-state index in [0.717, 1.165) is 11.3 Å². The number of hydrogen-bond acceptors (Lipinski definition) is 5. The summed E-state index contributed by atoms with van der Waals surface area (Å²) in [6.45, 7) is 0.495. The largest absolute Gasteiger partial charge is 0.347 e. The van der Waals surface area contributed by atoms with Gasteiger partial charge in [0.15, 0.2) is 5.82 Å². The van der Waals surface area contributed by atoms with Gasteiger partial charge in [0.2, 0.25) is 5.91 Å². The highest BCUT2D eigenvalue weighted by Crippen LogP contribution is 2.04. The molecule has 0 radical (unpaired) electrons. The van der Waals surface area contributed by atoms with Crippen LogP contribution in [0, 0.1) is 0 Å². The van der Waals surface area contributed by atoms with Crippen LogP contribution in [0.25, 0.3) is 0 Å². The van der Waals surface area contributed by atoms with Gasteiger partial charge in [-0.2, -0.15) is 0 Å². The van der Waals surface area contributed by atoms with Gasteiger partial charge in [-0.05, 0) is 12.0 Å². The lowest BCUT2D eigenvalue weighted by Crippen LogP contribution is -2.40. The van der Waals surface area contributed by atoms with Crippen LogP contribution in [0.4, 0.5) is 4.79 Å². The predicted octanol–water partition coefficient (Wildman–Crippen LogP) is -0.311. The molecule has 1 fully saturated rings. The van der Waals surface area contributed by atoms with Crippen molar-refractivity contribution in [2.24, 2.45) is 0 Å². The van der Waals surface area contributed by atoms with Crippen molar-refractivity contribution < 1.29 is 14.4 Å². The van der Waals surface area contributed by atoms with Crippen molar-refractivity contribution in [2.45, 2.75) is 19.5 Å². The molecule has 1 aliphatic rings. The van der Waals surface area contributed by atoms with Gasteiger partial charge in [-0.1, -0.05) is 30.3 Å². The zero-order valence-corrected chi connectivity index (χ0v) is 13.5. The lowest BCUT2D eigenvalue weighted by Gasteiger charge is -2.12. The van der Waals surface area contributed by atoms with E-state index in [1.165, 1.54) is 5.56 Å². The molecule has 0 unspecified atom stereocenters. The zero-order valence-electron chi connectivity index (χ0n) is 13.5. The van der Waals surface area contributed by atoms with Crippen molar-refractivity contribution in [2.75, 3.05) is 13.1 Å². The van der Waals surface area contributed by atoms with Crippen LogP contribution in [-0.4, -0.2) is 50.6 Å². The number of benzene rings is 1. The molecule has 2 heterocycles. The lowest BCUT2D eigenvalue weighted by molar-refractivity contribution is -0.130. The molecule has 130 valence electrons. The molecular weight excluding hydrogens is 324 g/mol. The molecule has 1 aromatic carbocycles. The van der Waals surface area contributed by atoms with E-state index in [-0.39, 0.29) is 19.6 Å². The van der Waals surface area contributed by atoms with Crippen molar-refractivity contribution in [3.8, 4) is 0 Å². The van der Waals surface area contributed by atoms with Gasteiger partial charge in [-0.3, -0.25) is 14.5 Å². The van der Waals surface area contributed by atoms with E-state index >= 15 is 0 Å². The number of carbonyl (C=O) groups excluding carboxylic acids is 3. The first-order valence-corrected chi connectivity index (χ1v) is 7.89. The third-order valence-electron chi connectivity index (χ3n) is 3.86. The lowest BCUT2D eigenvalue weighted by atomic mass is 10.1. The maximum atomic E-state index is 11.9. The Balaban J connectivity index is 1.50. The van der Waals surface area contributed by atoms with Crippen LogP contribution in [0.2, 0.25) is 0 Å². The Labute approximate surface area is 144 Å². The van der Waals surface area contributed by atoms with Crippen molar-refractivity contribution >= 4 is 17.8 Å². The standard InChI is InChI=1S/C16H18N6O3/c23-14(10-22-15(24)9-18-16(22)25)17-8-13-20-19-11-21(13)7-6-12-4-2-1-3-5-12/h1-5,11H,6-10H2,(H,17,23)(H,18,25). The van der Waals surface area contributed by atoms with Gasteiger partial charge in [0.25, 0.3) is 5.91 Å². The smallest absolute Gasteiger partial charge is 0.325 e. The van der Waals surface area contributed by atoms with E-state index in [1.807, 2.05) is 34.9 Å². The number of aryl methyl sites for hydroxylation is 2. The Morgan fingerprint density at radius 3 is 2.76 bits per heavy atom. The molecule has 9 nitrogen and oxygen atoms in total. The molecule has 25 heavy (non-hydrogen) atoms. The van der Waals surface area contributed by atoms with Crippen molar-refractivity contribution in [3.63, 3.8) is 0 Å². The summed E-state index contributed by atoms with van der Waals surface area (Å²) in [5.74, 6) is -0.226. The van der Waals surface area contributed by atoms with Crippen LogP contribution in [-0.2, 0) is 29.1 Å². The summed E-state index contributed by atoms with van der Waals surface area (Å²) in [4.78, 5) is 35.7. The molecule has 0 atom stereocenters. The monoisotopic (exact) mass is 342 g/mol. The number of nitrogens with zero attached hydrogens (tertiary/aromatic N) is 4. The number of imide groups is 1. The van der Waals surface area contributed by atoms with E-state index in [1.54, 1.807) is 6.33 Å². The minimum atomic E-state index is -0.550. The number of urea groups is 1. The summed E-state index contributed by atoms with van der Waals surface area (Å²) in [5.41, 5.74) is 1.20. The summed E-state index contributed by atoms with van der Waals surface area (Å²) in [6.07, 6.45) is 2.43. The summed E-state index contributed by atoms with van der Waals surface area (Å²) >= 11 is 0. The fourth-order valence-electron chi connectivity index (χ4n) is 2.49. The molecule has 0 bridgehead atoms. The first-order valence-electron chi connectivity index (χ1n) is 7.89. The van der Waals surface area contributed by atoms with Crippen LogP contribution in [0.5, 0.6) is 0 Å². The molecule has 2 N–H and O–H groups in total. The van der Waals surface area contributed by atoms with E-state index in [4.69, 9.17) is 0 Å². The number of rotatable bonds is 7. The Morgan fingerprint density at radius 1 is 1.24 bits per heavy atom. The Morgan fingerprint density at radius 2 is 2.04 bits per heavy atom. The fraction of sp³-hybridized carbons (Fsp3) is 0.312. The minimum Gasteiger partial charge on any atom is -0.347 e. The average molecular weight is 342 g/mol. The van der Waals surface area contributed by atoms with E-state index in [0.29, 0.717) is 12.4 Å². The highest BCUT2D eigenvalue weighted by Gasteiger charge is 2.30. The molecule has 4 amide bonds. The third-order valence-corrected chi connectivity index (χ3v) is 3.86. The normalized spacial score (nSPS) is 13.8. The number of carbonyl (C=O) groups is 3. The van der Waals surface area contributed by atoms with Crippen molar-refractivity contribution in [1.29, 1.82) is 0 Å². The van der Waals surface area contributed by atoms with Gasteiger partial charge in [0.1, 0.15) is 12.9 Å². The molecule has 1 aromatic heterocycles. The number of aromatic nitrogens is 3. The Bertz CT molecular complexity index is 757. The van der Waals surface area contributed by atoms with Gasteiger partial charge in [0.05, 0.1) is 13.1 Å². The molecule has 0 aliphatic carbocycles. The van der Waals surface area contributed by atoms with Gasteiger partial charge in [-0.15, -0.1) is 10.2 Å². The van der Waals surface area contributed by atoms with Gasteiger partial charge in [-0.25, -0.2) is 4.79 Å². The van der Waals surface area contributed by atoms with Crippen molar-refractivity contribution in [3.05, 3.63) is 48.0 Å². The molecule has 9 heteroatoms. The first kappa shape index (κ1) is 16.6. The van der Waals surface area contributed by atoms with Crippen molar-refractivity contribution in [1.82, 2.24) is 30.3 Å². The SMILES string of the molecule is O=C(CN1C(=O)CNC1=O)NCc1nncn1CCc1ccccc1. The molecule has 0 saturated carbocycles. The summed E-state index contributed by atoms with van der Waals surface area (Å²) in [7, 11) is 0. The predicted molar refractivity (Wildman–Crippen MR) is 87.1 cm³/mol. The van der Waals surface area contributed by atoms with Crippen LogP contribution >= 0.6 is 0 Å². The fourth-order valence-corrected chi connectivity index (χ4v) is 2.49. The second-order valence-corrected chi connectivity index (χ2v) is 5.59. The van der Waals surface area contributed by atoms with E-state index in [9.17, 15) is 14.4 Å². The number of nitrogens with one attached hydrogen (secondary N) is 2. The molecule has 1 saturated heterocycles. The van der Waals surface area contributed by atoms with Crippen LogP contribution in [0.1, 0.15) is 11.4 Å². The number of hydrogen-bond donors (Lipinski definition) is 2. The molecule has 2 aromatic rings. The molecule has 0 spiro atoms. The second kappa shape index (κ2) is 7.56. The Hall–Kier alpha value is -3.23. The Kier molecular flexibility index (Phi) is 5.03. The van der Waals surface area contributed by atoms with Crippen LogP contribution in [0.3, 0.4) is 0 Å². The molecule has 1 aliphatic heterocycles. The van der Waals surface area contributed by atoms with Gasteiger partial charge < -0.3 is 15.2 Å². The third kappa shape index (κ3) is 4.19. The second-order valence-electron chi connectivity index (χ2n) is 5.59. The van der Waals surface area contributed by atoms with Crippen LogP contribution < -0.4 is 10.6 Å². The van der Waals surface area contributed by atoms with Gasteiger partial charge >= 0.3 is 6.03 Å². The van der Waals surface area contributed by atoms with Crippen LogP contribution in [0.15, 0.2) is 36.7 Å². The summed E-state index contributed by atoms with van der Waals surface area (Å²) in [6, 6.07) is 9.48. The molecule has 3 rings (SSSR count).